The maximum atomic E-state index is 13.0. The Labute approximate surface area is 305 Å². The van der Waals surface area contributed by atoms with E-state index in [9.17, 15) is 19.5 Å². The first-order valence-corrected chi connectivity index (χ1v) is 18.5. The van der Waals surface area contributed by atoms with Crippen molar-refractivity contribution in [2.24, 2.45) is 0 Å². The zero-order chi connectivity index (χ0) is 36.8. The highest BCUT2D eigenvalue weighted by atomic mass is 16.5. The number of piperidine rings is 1. The predicted molar refractivity (Wildman–Crippen MR) is 203 cm³/mol. The number of likely N-dealkylation sites (tertiary alicyclic amines) is 1. The SMILES string of the molecule is CCC(=O)N1c2ccccc2[C@H](Nc2ccc(NC(=O)CCCC(=O)NC3CCCCN3Cc3cc(O)cc(-c4c(C)noc4C)c3)cc2)C[C@@H]1C. The molecule has 3 amide bonds. The van der Waals surface area contributed by atoms with Gasteiger partial charge in [0.1, 0.15) is 11.5 Å². The number of hydrogen-bond acceptors (Lipinski definition) is 8. The molecule has 1 aromatic heterocycles. The van der Waals surface area contributed by atoms with Gasteiger partial charge in [-0.05, 0) is 118 Å². The van der Waals surface area contributed by atoms with Gasteiger partial charge in [0.25, 0.3) is 0 Å². The van der Waals surface area contributed by atoms with Crippen LogP contribution < -0.4 is 20.9 Å². The topological polar surface area (TPSA) is 140 Å². The third kappa shape index (κ3) is 8.65. The van der Waals surface area contributed by atoms with E-state index in [0.717, 1.165) is 71.6 Å². The van der Waals surface area contributed by atoms with E-state index in [0.29, 0.717) is 30.8 Å². The summed E-state index contributed by atoms with van der Waals surface area (Å²) in [5.41, 5.74) is 7.13. The molecule has 2 aliphatic rings. The number of nitrogens with zero attached hydrogens (tertiary/aromatic N) is 3. The lowest BCUT2D eigenvalue weighted by Gasteiger charge is -2.40. The highest BCUT2D eigenvalue weighted by Crippen LogP contribution is 2.39. The van der Waals surface area contributed by atoms with Crippen molar-refractivity contribution >= 4 is 34.8 Å². The fourth-order valence-electron chi connectivity index (χ4n) is 7.62. The second-order valence-corrected chi connectivity index (χ2v) is 14.1. The quantitative estimate of drug-likeness (QED) is 0.118. The summed E-state index contributed by atoms with van der Waals surface area (Å²) in [7, 11) is 0. The van der Waals surface area contributed by atoms with Crippen molar-refractivity contribution in [1.82, 2.24) is 15.4 Å². The van der Waals surface area contributed by atoms with Crippen molar-refractivity contribution in [2.75, 3.05) is 22.1 Å². The number of para-hydroxylation sites is 1. The van der Waals surface area contributed by atoms with Gasteiger partial charge in [-0.1, -0.05) is 30.3 Å². The number of benzene rings is 3. The largest absolute Gasteiger partial charge is 0.508 e. The van der Waals surface area contributed by atoms with Gasteiger partial charge in [0.2, 0.25) is 17.7 Å². The minimum absolute atomic E-state index is 0.0538. The summed E-state index contributed by atoms with van der Waals surface area (Å²) in [6, 6.07) is 21.4. The van der Waals surface area contributed by atoms with Gasteiger partial charge in [0.05, 0.1) is 17.9 Å². The van der Waals surface area contributed by atoms with Crippen LogP contribution in [0.15, 0.2) is 71.3 Å². The molecule has 0 spiro atoms. The van der Waals surface area contributed by atoms with E-state index >= 15 is 0 Å². The van der Waals surface area contributed by atoms with Gasteiger partial charge in [0, 0.05) is 61.0 Å². The van der Waals surface area contributed by atoms with Gasteiger partial charge in [0.15, 0.2) is 0 Å². The van der Waals surface area contributed by atoms with Crippen LogP contribution in [0, 0.1) is 13.8 Å². The Balaban J connectivity index is 0.970. The lowest BCUT2D eigenvalue weighted by molar-refractivity contribution is -0.124. The molecule has 3 heterocycles. The minimum Gasteiger partial charge on any atom is -0.508 e. The first-order chi connectivity index (χ1) is 25.1. The van der Waals surface area contributed by atoms with Crippen molar-refractivity contribution < 1.29 is 24.0 Å². The molecule has 2 aliphatic heterocycles. The van der Waals surface area contributed by atoms with Crippen LogP contribution in [0.4, 0.5) is 17.1 Å². The molecule has 4 N–H and O–H groups in total. The second-order valence-electron chi connectivity index (χ2n) is 14.1. The second kappa shape index (κ2) is 16.5. The van der Waals surface area contributed by atoms with E-state index < -0.39 is 0 Å². The Bertz CT molecular complexity index is 1870. The van der Waals surface area contributed by atoms with Crippen LogP contribution >= 0.6 is 0 Å². The number of carbonyl (C=O) groups is 3. The van der Waals surface area contributed by atoms with Crippen LogP contribution in [0.3, 0.4) is 0 Å². The van der Waals surface area contributed by atoms with Gasteiger partial charge in [-0.2, -0.15) is 0 Å². The normalized spacial score (nSPS) is 18.8. The smallest absolute Gasteiger partial charge is 0.226 e. The molecule has 1 fully saturated rings. The van der Waals surface area contributed by atoms with E-state index in [1.165, 1.54) is 0 Å². The molecule has 0 saturated carbocycles. The Kier molecular flexibility index (Phi) is 11.6. The summed E-state index contributed by atoms with van der Waals surface area (Å²) in [4.78, 5) is 42.6. The minimum atomic E-state index is -0.137. The van der Waals surface area contributed by atoms with Gasteiger partial charge < -0.3 is 30.5 Å². The first-order valence-electron chi connectivity index (χ1n) is 18.5. The number of phenolic OH excluding ortho intramolecular Hbond substituents is 1. The van der Waals surface area contributed by atoms with E-state index in [4.69, 9.17) is 4.52 Å². The molecule has 3 aromatic carbocycles. The number of anilines is 3. The molecule has 1 unspecified atom stereocenters. The molecule has 1 saturated heterocycles. The number of hydrogen-bond donors (Lipinski definition) is 4. The molecule has 0 radical (unpaired) electrons. The number of carbonyl (C=O) groups excluding carboxylic acids is 3. The number of rotatable bonds is 12. The summed E-state index contributed by atoms with van der Waals surface area (Å²) in [5, 5.41) is 24.3. The zero-order valence-electron chi connectivity index (χ0n) is 30.6. The molecule has 0 bridgehead atoms. The van der Waals surface area contributed by atoms with Crippen molar-refractivity contribution in [3.05, 3.63) is 89.3 Å². The molecule has 6 rings (SSSR count). The van der Waals surface area contributed by atoms with Crippen LogP contribution in [0.5, 0.6) is 5.75 Å². The van der Waals surface area contributed by atoms with Crippen molar-refractivity contribution in [3.63, 3.8) is 0 Å². The van der Waals surface area contributed by atoms with Gasteiger partial charge in [-0.25, -0.2) is 0 Å². The summed E-state index contributed by atoms with van der Waals surface area (Å²) in [6.45, 7) is 9.14. The number of nitrogens with one attached hydrogen (secondary N) is 3. The van der Waals surface area contributed by atoms with Crippen LogP contribution in [-0.4, -0.2) is 51.6 Å². The number of phenols is 1. The molecule has 4 aromatic rings. The third-order valence-electron chi connectivity index (χ3n) is 10.1. The molecule has 274 valence electrons. The third-order valence-corrected chi connectivity index (χ3v) is 10.1. The van der Waals surface area contributed by atoms with E-state index in [1.807, 2.05) is 74.2 Å². The molecule has 11 heteroatoms. The maximum absolute atomic E-state index is 13.0. The number of amides is 3. The van der Waals surface area contributed by atoms with Gasteiger partial charge in [-0.15, -0.1) is 0 Å². The molecule has 11 nitrogen and oxygen atoms in total. The fourth-order valence-corrected chi connectivity index (χ4v) is 7.62. The summed E-state index contributed by atoms with van der Waals surface area (Å²) in [6.07, 6.45) is 4.97. The number of aromatic hydroxyl groups is 1. The molecular weight excluding hydrogens is 656 g/mol. The first kappa shape index (κ1) is 36.6. The highest BCUT2D eigenvalue weighted by molar-refractivity contribution is 5.95. The van der Waals surface area contributed by atoms with Crippen LogP contribution in [0.2, 0.25) is 0 Å². The molecule has 52 heavy (non-hydrogen) atoms. The summed E-state index contributed by atoms with van der Waals surface area (Å²) in [5.74, 6) is 0.790. The number of aryl methyl sites for hydroxylation is 2. The van der Waals surface area contributed by atoms with Crippen LogP contribution in [-0.2, 0) is 20.9 Å². The molecular formula is C41H50N6O5. The maximum Gasteiger partial charge on any atom is 0.226 e. The lowest BCUT2D eigenvalue weighted by atomic mass is 9.91. The molecule has 0 aliphatic carbocycles. The average Bonchev–Trinajstić information content (AvgIpc) is 3.46. The van der Waals surface area contributed by atoms with Crippen molar-refractivity contribution in [3.8, 4) is 16.9 Å². The standard InChI is InChI=1S/C41H50N6O5/c1-5-40(51)47-26(2)21-35(34-11-6-7-12-36(34)47)42-31-16-18-32(19-17-31)43-38(49)14-10-15-39(50)44-37-13-8-9-20-46(37)25-29-22-30(24-33(48)23-29)41-27(3)45-52-28(41)4/h6-7,11-12,16-19,22-24,26,35,37,42,48H,5,8-10,13-15,20-21,25H2,1-4H3,(H,43,49)(H,44,50)/t26-,35+,37?/m0/s1. The number of fused-ring (bicyclic) bond motifs is 1. The average molecular weight is 707 g/mol. The van der Waals surface area contributed by atoms with Crippen LogP contribution in [0.1, 0.15) is 93.8 Å². The number of aromatic nitrogens is 1. The summed E-state index contributed by atoms with van der Waals surface area (Å²) >= 11 is 0. The Morgan fingerprint density at radius 2 is 1.71 bits per heavy atom. The van der Waals surface area contributed by atoms with Crippen molar-refractivity contribution in [1.29, 1.82) is 0 Å². The lowest BCUT2D eigenvalue weighted by Crippen LogP contribution is -2.50. The van der Waals surface area contributed by atoms with E-state index in [1.54, 1.807) is 12.1 Å². The zero-order valence-corrected chi connectivity index (χ0v) is 30.6. The monoisotopic (exact) mass is 706 g/mol. The van der Waals surface area contributed by atoms with Crippen molar-refractivity contribution in [2.45, 2.75) is 104 Å². The van der Waals surface area contributed by atoms with Gasteiger partial charge in [-0.3, -0.25) is 19.3 Å². The Morgan fingerprint density at radius 1 is 0.962 bits per heavy atom. The summed E-state index contributed by atoms with van der Waals surface area (Å²) < 4.78 is 5.34. The van der Waals surface area contributed by atoms with E-state index in [-0.39, 0.29) is 54.6 Å². The fraction of sp³-hybridized carbons (Fsp3) is 0.415. The highest BCUT2D eigenvalue weighted by Gasteiger charge is 2.33. The van der Waals surface area contributed by atoms with Crippen LogP contribution in [0.25, 0.3) is 11.1 Å². The Hall–Kier alpha value is -5.16. The molecule has 3 atom stereocenters. The predicted octanol–water partition coefficient (Wildman–Crippen LogP) is 7.59. The Morgan fingerprint density at radius 3 is 2.46 bits per heavy atom. The van der Waals surface area contributed by atoms with E-state index in [2.05, 4.69) is 39.0 Å². The van der Waals surface area contributed by atoms with Gasteiger partial charge >= 0.3 is 0 Å².